The summed E-state index contributed by atoms with van der Waals surface area (Å²) in [6.07, 6.45) is -2.53. The molecule has 0 aromatic heterocycles. The van der Waals surface area contributed by atoms with Gasteiger partial charge in [-0.25, -0.2) is 8.78 Å². The summed E-state index contributed by atoms with van der Waals surface area (Å²) in [5.41, 5.74) is 2.57. The summed E-state index contributed by atoms with van der Waals surface area (Å²) < 4.78 is 25.0. The van der Waals surface area contributed by atoms with Gasteiger partial charge in [0, 0.05) is 13.0 Å². The molecule has 20 heavy (non-hydrogen) atoms. The van der Waals surface area contributed by atoms with E-state index in [0.717, 1.165) is 17.9 Å². The molecule has 1 unspecified atom stereocenters. The third-order valence-corrected chi connectivity index (χ3v) is 3.75. The molecule has 0 fully saturated rings. The van der Waals surface area contributed by atoms with E-state index in [4.69, 9.17) is 12.6 Å². The zero-order valence-electron chi connectivity index (χ0n) is 12.0. The molecule has 1 aliphatic heterocycles. The molecule has 0 saturated heterocycles. The summed E-state index contributed by atoms with van der Waals surface area (Å²) in [7, 11) is 3.98. The van der Waals surface area contributed by atoms with Crippen LogP contribution in [-0.2, 0) is 6.42 Å². The van der Waals surface area contributed by atoms with Gasteiger partial charge in [0.25, 0.3) is 0 Å². The fraction of sp³-hybridized carbons (Fsp3) is 0.571. The summed E-state index contributed by atoms with van der Waals surface area (Å²) in [6, 6.07) is 5.46. The van der Waals surface area contributed by atoms with E-state index in [0.29, 0.717) is 12.2 Å². The Balaban J connectivity index is 2.26. The Morgan fingerprint density at radius 3 is 2.75 bits per heavy atom. The van der Waals surface area contributed by atoms with Crippen LogP contribution in [0, 0.1) is 0 Å². The summed E-state index contributed by atoms with van der Waals surface area (Å²) in [5.74, 6) is 0. The highest BCUT2D eigenvalue weighted by atomic mass is 32.1. The number of rotatable bonds is 5. The maximum absolute atomic E-state index is 12.5. The monoisotopic (exact) mass is 301 g/mol. The van der Waals surface area contributed by atoms with E-state index in [1.54, 1.807) is 6.07 Å². The van der Waals surface area contributed by atoms with Crippen LogP contribution in [0.2, 0.25) is 0 Å². The lowest BCUT2D eigenvalue weighted by Crippen LogP contribution is -2.48. The van der Waals surface area contributed by atoms with Crippen molar-refractivity contribution in [2.24, 2.45) is 0 Å². The van der Waals surface area contributed by atoms with Crippen LogP contribution < -0.4 is 10.2 Å². The minimum Gasteiger partial charge on any atom is -0.366 e. The van der Waals surface area contributed by atoms with E-state index in [1.807, 2.05) is 33.2 Å². The minimum atomic E-state index is -2.32. The number of nitrogens with one attached hydrogen (secondary N) is 1. The molecule has 1 heterocycles. The smallest absolute Gasteiger partial charge is 0.242 e. The zero-order valence-corrected chi connectivity index (χ0v) is 12.9. The molecule has 112 valence electrons. The van der Waals surface area contributed by atoms with Gasteiger partial charge < -0.3 is 15.1 Å². The average molecular weight is 301 g/mol. The fourth-order valence-corrected chi connectivity index (χ4v) is 3.08. The Morgan fingerprint density at radius 2 is 2.15 bits per heavy atom. The first-order valence-electron chi connectivity index (χ1n) is 6.59. The number of halogens is 2. The van der Waals surface area contributed by atoms with Crippen molar-refractivity contribution in [2.45, 2.75) is 24.6 Å². The van der Waals surface area contributed by atoms with Crippen LogP contribution in [0.3, 0.4) is 0 Å². The van der Waals surface area contributed by atoms with Crippen molar-refractivity contribution in [3.8, 4) is 0 Å². The van der Waals surface area contributed by atoms with Crippen molar-refractivity contribution in [1.29, 1.82) is 0 Å². The quantitative estimate of drug-likeness (QED) is 0.815. The van der Waals surface area contributed by atoms with Crippen LogP contribution in [0.25, 0.3) is 0 Å². The third kappa shape index (κ3) is 3.35. The highest BCUT2D eigenvalue weighted by molar-refractivity contribution is 7.82. The predicted octanol–water partition coefficient (Wildman–Crippen LogP) is 2.89. The Labute approximate surface area is 124 Å². The zero-order chi connectivity index (χ0) is 14.9. The van der Waals surface area contributed by atoms with Gasteiger partial charge >= 0.3 is 0 Å². The Bertz CT molecular complexity index is 477. The Hall–Kier alpha value is -1.01. The lowest BCUT2D eigenvalue weighted by atomic mass is 10.1. The van der Waals surface area contributed by atoms with Gasteiger partial charge in [0.15, 0.2) is 0 Å². The SMILES string of the molecule is CN(C)CC(C)(S)N1CNc2ccc(CC(F)F)cc21. The average Bonchev–Trinajstić information content (AvgIpc) is 2.69. The van der Waals surface area contributed by atoms with Crippen molar-refractivity contribution in [3.05, 3.63) is 23.8 Å². The number of likely N-dealkylation sites (N-methyl/N-ethyl adjacent to an activating group) is 1. The molecule has 1 aromatic rings. The number of alkyl halides is 2. The van der Waals surface area contributed by atoms with Gasteiger partial charge in [-0.3, -0.25) is 0 Å². The Morgan fingerprint density at radius 1 is 1.45 bits per heavy atom. The van der Waals surface area contributed by atoms with Gasteiger partial charge in [-0.1, -0.05) is 6.07 Å². The molecule has 1 N–H and O–H groups in total. The second-order valence-corrected chi connectivity index (χ2v) is 6.63. The number of nitrogens with zero attached hydrogens (tertiary/aromatic N) is 2. The highest BCUT2D eigenvalue weighted by Crippen LogP contribution is 2.38. The number of hydrogen-bond donors (Lipinski definition) is 2. The maximum atomic E-state index is 12.5. The number of hydrogen-bond acceptors (Lipinski definition) is 4. The highest BCUT2D eigenvalue weighted by Gasteiger charge is 2.33. The molecule has 0 spiro atoms. The van der Waals surface area contributed by atoms with Crippen molar-refractivity contribution < 1.29 is 8.78 Å². The molecule has 1 aliphatic rings. The maximum Gasteiger partial charge on any atom is 0.242 e. The molecular weight excluding hydrogens is 280 g/mol. The second kappa shape index (κ2) is 5.77. The van der Waals surface area contributed by atoms with E-state index in [-0.39, 0.29) is 11.3 Å². The topological polar surface area (TPSA) is 18.5 Å². The summed E-state index contributed by atoms with van der Waals surface area (Å²) in [5, 5.41) is 3.28. The van der Waals surface area contributed by atoms with Gasteiger partial charge in [0.1, 0.15) is 0 Å². The van der Waals surface area contributed by atoms with Gasteiger partial charge in [-0.2, -0.15) is 12.6 Å². The van der Waals surface area contributed by atoms with Crippen molar-refractivity contribution in [3.63, 3.8) is 0 Å². The fourth-order valence-electron chi connectivity index (χ4n) is 2.62. The van der Waals surface area contributed by atoms with Gasteiger partial charge in [-0.15, -0.1) is 0 Å². The van der Waals surface area contributed by atoms with Crippen LogP contribution in [0.5, 0.6) is 0 Å². The first-order chi connectivity index (χ1) is 9.29. The lowest BCUT2D eigenvalue weighted by molar-refractivity contribution is 0.149. The van der Waals surface area contributed by atoms with Crippen molar-refractivity contribution in [2.75, 3.05) is 37.5 Å². The molecule has 0 bridgehead atoms. The molecule has 3 nitrogen and oxygen atoms in total. The van der Waals surface area contributed by atoms with Crippen molar-refractivity contribution >= 4 is 24.0 Å². The Kier molecular flexibility index (Phi) is 4.44. The minimum absolute atomic E-state index is 0.210. The van der Waals surface area contributed by atoms with Crippen LogP contribution in [-0.4, -0.2) is 43.5 Å². The van der Waals surface area contributed by atoms with E-state index >= 15 is 0 Å². The molecule has 1 aromatic carbocycles. The summed E-state index contributed by atoms with van der Waals surface area (Å²) >= 11 is 4.75. The standard InChI is InChI=1S/C14H21F2N3S/c1-14(20,8-18(2)3)19-9-17-11-5-4-10(6-12(11)19)7-13(15)16/h4-6,13,17,20H,7-9H2,1-3H3. The molecule has 0 radical (unpaired) electrons. The van der Waals surface area contributed by atoms with Gasteiger partial charge in [0.2, 0.25) is 6.43 Å². The van der Waals surface area contributed by atoms with Crippen LogP contribution in [0.1, 0.15) is 12.5 Å². The largest absolute Gasteiger partial charge is 0.366 e. The molecule has 0 amide bonds. The molecule has 6 heteroatoms. The van der Waals surface area contributed by atoms with Gasteiger partial charge in [0.05, 0.1) is 22.9 Å². The lowest BCUT2D eigenvalue weighted by Gasteiger charge is -2.38. The normalized spacial score (nSPS) is 17.3. The first-order valence-corrected chi connectivity index (χ1v) is 7.04. The van der Waals surface area contributed by atoms with Gasteiger partial charge in [-0.05, 0) is 38.7 Å². The number of benzene rings is 1. The molecule has 2 rings (SSSR count). The van der Waals surface area contributed by atoms with E-state index in [2.05, 4.69) is 15.1 Å². The van der Waals surface area contributed by atoms with Crippen LogP contribution in [0.15, 0.2) is 18.2 Å². The number of fused-ring (bicyclic) bond motifs is 1. The molecule has 0 saturated carbocycles. The molecule has 1 atom stereocenters. The van der Waals surface area contributed by atoms with Crippen LogP contribution >= 0.6 is 12.6 Å². The first kappa shape index (κ1) is 15.4. The third-order valence-electron chi connectivity index (χ3n) is 3.37. The van der Waals surface area contributed by atoms with E-state index < -0.39 is 6.43 Å². The number of thiol groups is 1. The summed E-state index contributed by atoms with van der Waals surface area (Å²) in [6.45, 7) is 3.43. The number of anilines is 2. The molecular formula is C14H21F2N3S. The second-order valence-electron chi connectivity index (χ2n) is 5.66. The van der Waals surface area contributed by atoms with Crippen LogP contribution in [0.4, 0.5) is 20.2 Å². The predicted molar refractivity (Wildman–Crippen MR) is 83.1 cm³/mol. The van der Waals surface area contributed by atoms with Crippen molar-refractivity contribution in [1.82, 2.24) is 4.90 Å². The van der Waals surface area contributed by atoms with E-state index in [9.17, 15) is 8.78 Å². The van der Waals surface area contributed by atoms with E-state index in [1.165, 1.54) is 0 Å². The molecule has 0 aliphatic carbocycles. The summed E-state index contributed by atoms with van der Waals surface area (Å²) in [4.78, 5) is 3.81.